The summed E-state index contributed by atoms with van der Waals surface area (Å²) >= 11 is 0. The number of pyridine rings is 1. The summed E-state index contributed by atoms with van der Waals surface area (Å²) in [7, 11) is 5.91. The number of nitrogens with zero attached hydrogens (tertiary/aromatic N) is 3. The number of hydrogen-bond acceptors (Lipinski definition) is 3. The standard InChI is InChI=1S/C14H21N3/c1-6-12(10-17(4)5)13-7-11(2)14(9-15-3)16-8-13/h6-9H,10H2,1-5H3/b12-6+,15-9?. The first-order valence-electron chi connectivity index (χ1n) is 5.77. The molecule has 1 aromatic rings. The molecule has 0 saturated carbocycles. The van der Waals surface area contributed by atoms with E-state index in [1.165, 1.54) is 11.1 Å². The van der Waals surface area contributed by atoms with Crippen molar-refractivity contribution < 1.29 is 0 Å². The Morgan fingerprint density at radius 2 is 2.18 bits per heavy atom. The van der Waals surface area contributed by atoms with Gasteiger partial charge in [0.15, 0.2) is 0 Å². The third-order valence-corrected chi connectivity index (χ3v) is 2.58. The van der Waals surface area contributed by atoms with Gasteiger partial charge in [-0.05, 0) is 50.7 Å². The molecular formula is C14H21N3. The van der Waals surface area contributed by atoms with Crippen molar-refractivity contribution in [2.24, 2.45) is 4.99 Å². The number of likely N-dealkylation sites (N-methyl/N-ethyl adjacent to an activating group) is 1. The molecule has 0 atom stereocenters. The summed E-state index contributed by atoms with van der Waals surface area (Å²) in [4.78, 5) is 10.6. The number of aromatic nitrogens is 1. The van der Waals surface area contributed by atoms with Crippen molar-refractivity contribution in [2.75, 3.05) is 27.7 Å². The lowest BCUT2D eigenvalue weighted by Crippen LogP contribution is -2.14. The van der Waals surface area contributed by atoms with E-state index in [2.05, 4.69) is 55.0 Å². The quantitative estimate of drug-likeness (QED) is 0.744. The van der Waals surface area contributed by atoms with E-state index in [4.69, 9.17) is 0 Å². The van der Waals surface area contributed by atoms with Crippen LogP contribution in [0.5, 0.6) is 0 Å². The normalized spacial score (nSPS) is 12.7. The van der Waals surface area contributed by atoms with Crippen molar-refractivity contribution in [1.29, 1.82) is 0 Å². The maximum absolute atomic E-state index is 4.44. The first-order valence-corrected chi connectivity index (χ1v) is 5.77. The summed E-state index contributed by atoms with van der Waals surface area (Å²) < 4.78 is 0. The summed E-state index contributed by atoms with van der Waals surface area (Å²) in [5, 5.41) is 0. The molecule has 1 rings (SSSR count). The van der Waals surface area contributed by atoms with Crippen LogP contribution in [0.15, 0.2) is 23.3 Å². The molecule has 0 radical (unpaired) electrons. The highest BCUT2D eigenvalue weighted by Gasteiger charge is 2.05. The van der Waals surface area contributed by atoms with Crippen LogP contribution in [0.2, 0.25) is 0 Å². The number of aliphatic imine (C=N–C) groups is 1. The molecule has 0 spiro atoms. The van der Waals surface area contributed by atoms with E-state index in [9.17, 15) is 0 Å². The van der Waals surface area contributed by atoms with Gasteiger partial charge < -0.3 is 4.90 Å². The van der Waals surface area contributed by atoms with E-state index in [1.54, 1.807) is 13.3 Å². The van der Waals surface area contributed by atoms with Gasteiger partial charge in [0.1, 0.15) is 0 Å². The van der Waals surface area contributed by atoms with Crippen LogP contribution in [-0.4, -0.2) is 43.8 Å². The van der Waals surface area contributed by atoms with Crippen molar-refractivity contribution in [1.82, 2.24) is 9.88 Å². The van der Waals surface area contributed by atoms with Crippen molar-refractivity contribution in [3.8, 4) is 0 Å². The van der Waals surface area contributed by atoms with Gasteiger partial charge >= 0.3 is 0 Å². The number of hydrogen-bond donors (Lipinski definition) is 0. The van der Waals surface area contributed by atoms with Crippen LogP contribution in [0.4, 0.5) is 0 Å². The molecule has 3 heteroatoms. The Kier molecular flexibility index (Phi) is 5.04. The van der Waals surface area contributed by atoms with Gasteiger partial charge in [0.05, 0.1) is 5.69 Å². The van der Waals surface area contributed by atoms with Gasteiger partial charge in [-0.2, -0.15) is 0 Å². The lowest BCUT2D eigenvalue weighted by Gasteiger charge is -2.14. The van der Waals surface area contributed by atoms with Crippen LogP contribution in [0.1, 0.15) is 23.7 Å². The van der Waals surface area contributed by atoms with Crippen LogP contribution in [-0.2, 0) is 0 Å². The second-order valence-electron chi connectivity index (χ2n) is 4.37. The summed E-state index contributed by atoms with van der Waals surface area (Å²) in [5.41, 5.74) is 4.58. The monoisotopic (exact) mass is 231 g/mol. The largest absolute Gasteiger partial charge is 0.305 e. The summed E-state index contributed by atoms with van der Waals surface area (Å²) in [5.74, 6) is 0. The zero-order valence-corrected chi connectivity index (χ0v) is 11.4. The maximum atomic E-state index is 4.44. The average molecular weight is 231 g/mol. The first kappa shape index (κ1) is 13.6. The lowest BCUT2D eigenvalue weighted by molar-refractivity contribution is 0.463. The molecule has 3 nitrogen and oxygen atoms in total. The van der Waals surface area contributed by atoms with Gasteiger partial charge in [-0.25, -0.2) is 0 Å². The highest BCUT2D eigenvalue weighted by atomic mass is 15.0. The Hall–Kier alpha value is -1.48. The molecular weight excluding hydrogens is 210 g/mol. The molecule has 0 aliphatic rings. The zero-order valence-electron chi connectivity index (χ0n) is 11.4. The Balaban J connectivity index is 3.03. The number of rotatable bonds is 4. The fraction of sp³-hybridized carbons (Fsp3) is 0.429. The van der Waals surface area contributed by atoms with Gasteiger partial charge in [0.25, 0.3) is 0 Å². The molecule has 0 saturated heterocycles. The number of aryl methyl sites for hydroxylation is 1. The predicted octanol–water partition coefficient (Wildman–Crippen LogP) is 2.40. The highest BCUT2D eigenvalue weighted by molar-refractivity contribution is 5.80. The van der Waals surface area contributed by atoms with E-state index in [1.807, 2.05) is 6.20 Å². The van der Waals surface area contributed by atoms with Gasteiger partial charge in [-0.3, -0.25) is 9.98 Å². The fourth-order valence-corrected chi connectivity index (χ4v) is 1.71. The van der Waals surface area contributed by atoms with Crippen molar-refractivity contribution >= 4 is 11.8 Å². The SMILES string of the molecule is C/C=C(\CN(C)C)c1cnc(C=NC)c(C)c1. The smallest absolute Gasteiger partial charge is 0.0837 e. The van der Waals surface area contributed by atoms with Crippen LogP contribution >= 0.6 is 0 Å². The molecule has 1 aromatic heterocycles. The summed E-state index contributed by atoms with van der Waals surface area (Å²) in [6.07, 6.45) is 5.85. The minimum absolute atomic E-state index is 0.929. The van der Waals surface area contributed by atoms with Crippen molar-refractivity contribution in [3.63, 3.8) is 0 Å². The van der Waals surface area contributed by atoms with Gasteiger partial charge in [-0.15, -0.1) is 0 Å². The van der Waals surface area contributed by atoms with Gasteiger partial charge in [-0.1, -0.05) is 6.08 Å². The van der Waals surface area contributed by atoms with E-state index < -0.39 is 0 Å². The van der Waals surface area contributed by atoms with E-state index in [-0.39, 0.29) is 0 Å². The Labute approximate surface area is 104 Å². The molecule has 0 fully saturated rings. The molecule has 0 N–H and O–H groups in total. The van der Waals surface area contributed by atoms with Gasteiger partial charge in [0.2, 0.25) is 0 Å². The van der Waals surface area contributed by atoms with Crippen LogP contribution in [0.25, 0.3) is 5.57 Å². The molecule has 0 aliphatic carbocycles. The number of allylic oxidation sites excluding steroid dienone is 1. The van der Waals surface area contributed by atoms with E-state index in [0.717, 1.165) is 17.8 Å². The minimum Gasteiger partial charge on any atom is -0.305 e. The summed E-state index contributed by atoms with van der Waals surface area (Å²) in [6.45, 7) is 5.06. The highest BCUT2D eigenvalue weighted by Crippen LogP contribution is 2.16. The van der Waals surface area contributed by atoms with Crippen LogP contribution in [0, 0.1) is 6.92 Å². The average Bonchev–Trinajstić information content (AvgIpc) is 2.28. The lowest BCUT2D eigenvalue weighted by atomic mass is 10.0. The van der Waals surface area contributed by atoms with E-state index in [0.29, 0.717) is 0 Å². The van der Waals surface area contributed by atoms with E-state index >= 15 is 0 Å². The van der Waals surface area contributed by atoms with Crippen LogP contribution < -0.4 is 0 Å². The Morgan fingerprint density at radius 1 is 1.47 bits per heavy atom. The minimum atomic E-state index is 0.929. The first-order chi connectivity index (χ1) is 8.08. The Morgan fingerprint density at radius 3 is 2.65 bits per heavy atom. The second-order valence-corrected chi connectivity index (χ2v) is 4.37. The third kappa shape index (κ3) is 3.79. The molecule has 0 amide bonds. The molecule has 0 aromatic carbocycles. The second kappa shape index (κ2) is 6.30. The molecule has 0 bridgehead atoms. The third-order valence-electron chi connectivity index (χ3n) is 2.58. The molecule has 1 heterocycles. The maximum Gasteiger partial charge on any atom is 0.0837 e. The fourth-order valence-electron chi connectivity index (χ4n) is 1.71. The van der Waals surface area contributed by atoms with Gasteiger partial charge in [0, 0.05) is 26.0 Å². The van der Waals surface area contributed by atoms with Crippen molar-refractivity contribution in [2.45, 2.75) is 13.8 Å². The predicted molar refractivity (Wildman–Crippen MR) is 74.7 cm³/mol. The zero-order chi connectivity index (χ0) is 12.8. The Bertz CT molecular complexity index is 431. The van der Waals surface area contributed by atoms with Crippen molar-refractivity contribution in [3.05, 3.63) is 35.2 Å². The topological polar surface area (TPSA) is 28.5 Å². The molecule has 92 valence electrons. The molecule has 17 heavy (non-hydrogen) atoms. The molecule has 0 unspecified atom stereocenters. The van der Waals surface area contributed by atoms with Crippen LogP contribution in [0.3, 0.4) is 0 Å². The molecule has 0 aliphatic heterocycles. The summed E-state index contributed by atoms with van der Waals surface area (Å²) in [6, 6.07) is 2.17.